The van der Waals surface area contributed by atoms with Crippen LogP contribution in [0.25, 0.3) is 5.70 Å². The van der Waals surface area contributed by atoms with Gasteiger partial charge in [0.15, 0.2) is 0 Å². The molecular formula is C8H7N3O. The number of aromatic nitrogens is 2. The standard InChI is InChI=1S/C8H7N3O/c1-3-7(10-9-5-1)8-4-2-6-12-11-8/h1-6,11H. The van der Waals surface area contributed by atoms with E-state index in [0.717, 1.165) is 11.4 Å². The molecule has 2 heterocycles. The molecule has 60 valence electrons. The minimum absolute atomic E-state index is 0.766. The summed E-state index contributed by atoms with van der Waals surface area (Å²) >= 11 is 0. The zero-order valence-corrected chi connectivity index (χ0v) is 6.27. The molecule has 0 saturated heterocycles. The predicted molar refractivity (Wildman–Crippen MR) is 43.4 cm³/mol. The number of nitrogens with one attached hydrogen (secondary N) is 1. The minimum atomic E-state index is 0.766. The average Bonchev–Trinajstić information content (AvgIpc) is 2.21. The number of allylic oxidation sites excluding steroid dienone is 2. The summed E-state index contributed by atoms with van der Waals surface area (Å²) in [5.74, 6) is 0. The van der Waals surface area contributed by atoms with Gasteiger partial charge in [-0.05, 0) is 24.3 Å². The van der Waals surface area contributed by atoms with Crippen molar-refractivity contribution < 1.29 is 4.84 Å². The maximum Gasteiger partial charge on any atom is 0.119 e. The summed E-state index contributed by atoms with van der Waals surface area (Å²) in [4.78, 5) is 4.87. The molecule has 0 saturated carbocycles. The zero-order chi connectivity index (χ0) is 8.23. The molecule has 0 amide bonds. The van der Waals surface area contributed by atoms with Crippen LogP contribution in [-0.4, -0.2) is 10.2 Å². The van der Waals surface area contributed by atoms with E-state index in [1.807, 2.05) is 18.2 Å². The highest BCUT2D eigenvalue weighted by Crippen LogP contribution is 2.09. The monoisotopic (exact) mass is 161 g/mol. The smallest absolute Gasteiger partial charge is 0.119 e. The van der Waals surface area contributed by atoms with E-state index in [0.29, 0.717) is 0 Å². The van der Waals surface area contributed by atoms with Gasteiger partial charge < -0.3 is 4.84 Å². The molecule has 4 nitrogen and oxygen atoms in total. The fourth-order valence-electron chi connectivity index (χ4n) is 0.889. The molecule has 0 aromatic carbocycles. The molecule has 0 atom stereocenters. The highest BCUT2D eigenvalue weighted by atomic mass is 16.6. The van der Waals surface area contributed by atoms with Crippen LogP contribution in [0.15, 0.2) is 36.7 Å². The van der Waals surface area contributed by atoms with E-state index in [2.05, 4.69) is 15.7 Å². The van der Waals surface area contributed by atoms with E-state index in [-0.39, 0.29) is 0 Å². The Hall–Kier alpha value is -1.84. The Morgan fingerprint density at radius 3 is 3.08 bits per heavy atom. The molecule has 0 fully saturated rings. The minimum Gasteiger partial charge on any atom is -0.390 e. The molecule has 2 rings (SSSR count). The predicted octanol–water partition coefficient (Wildman–Crippen LogP) is 0.866. The van der Waals surface area contributed by atoms with Crippen LogP contribution in [0.1, 0.15) is 5.69 Å². The summed E-state index contributed by atoms with van der Waals surface area (Å²) in [6.45, 7) is 0. The van der Waals surface area contributed by atoms with Gasteiger partial charge in [0.2, 0.25) is 0 Å². The second-order valence-electron chi connectivity index (χ2n) is 2.24. The molecule has 1 aliphatic rings. The van der Waals surface area contributed by atoms with Gasteiger partial charge in [-0.2, -0.15) is 5.10 Å². The number of nitrogens with zero attached hydrogens (tertiary/aromatic N) is 2. The summed E-state index contributed by atoms with van der Waals surface area (Å²) in [7, 11) is 0. The molecule has 1 N–H and O–H groups in total. The van der Waals surface area contributed by atoms with E-state index >= 15 is 0 Å². The SMILES string of the molecule is C1=CONC(c2cccnn2)=C1. The lowest BCUT2D eigenvalue weighted by Gasteiger charge is -2.09. The van der Waals surface area contributed by atoms with Crippen molar-refractivity contribution in [3.05, 3.63) is 42.4 Å². The van der Waals surface area contributed by atoms with Crippen LogP contribution >= 0.6 is 0 Å². The van der Waals surface area contributed by atoms with Gasteiger partial charge in [-0.25, -0.2) is 5.48 Å². The van der Waals surface area contributed by atoms with Gasteiger partial charge in [0, 0.05) is 6.20 Å². The summed E-state index contributed by atoms with van der Waals surface area (Å²) in [5.41, 5.74) is 4.28. The first kappa shape index (κ1) is 6.84. The number of hydrogen-bond acceptors (Lipinski definition) is 4. The second kappa shape index (κ2) is 3.04. The molecule has 0 unspecified atom stereocenters. The summed E-state index contributed by atoms with van der Waals surface area (Å²) < 4.78 is 0. The molecule has 0 aliphatic carbocycles. The Morgan fingerprint density at radius 2 is 2.42 bits per heavy atom. The molecule has 0 bridgehead atoms. The lowest BCUT2D eigenvalue weighted by atomic mass is 10.3. The van der Waals surface area contributed by atoms with Crippen molar-refractivity contribution >= 4 is 5.70 Å². The Bertz CT molecular complexity index is 318. The number of rotatable bonds is 1. The summed E-state index contributed by atoms with van der Waals surface area (Å²) in [6.07, 6.45) is 6.84. The molecular weight excluding hydrogens is 154 g/mol. The third-order valence-corrected chi connectivity index (χ3v) is 1.43. The van der Waals surface area contributed by atoms with Gasteiger partial charge in [-0.15, -0.1) is 5.10 Å². The van der Waals surface area contributed by atoms with Gasteiger partial charge in [-0.3, -0.25) is 0 Å². The Kier molecular flexibility index (Phi) is 1.74. The lowest BCUT2D eigenvalue weighted by molar-refractivity contribution is 0.181. The van der Waals surface area contributed by atoms with Gasteiger partial charge in [0.1, 0.15) is 12.0 Å². The maximum atomic E-state index is 4.87. The van der Waals surface area contributed by atoms with Crippen molar-refractivity contribution in [2.45, 2.75) is 0 Å². The van der Waals surface area contributed by atoms with Crippen LogP contribution in [0.5, 0.6) is 0 Å². The van der Waals surface area contributed by atoms with Crippen LogP contribution in [-0.2, 0) is 4.84 Å². The topological polar surface area (TPSA) is 47.0 Å². The Morgan fingerprint density at radius 1 is 1.42 bits per heavy atom. The average molecular weight is 161 g/mol. The molecule has 1 aromatic heterocycles. The van der Waals surface area contributed by atoms with E-state index in [1.54, 1.807) is 18.5 Å². The Balaban J connectivity index is 2.31. The van der Waals surface area contributed by atoms with E-state index in [4.69, 9.17) is 4.84 Å². The maximum absolute atomic E-state index is 4.87. The van der Waals surface area contributed by atoms with Gasteiger partial charge in [-0.1, -0.05) is 0 Å². The van der Waals surface area contributed by atoms with Crippen molar-refractivity contribution in [2.75, 3.05) is 0 Å². The highest BCUT2D eigenvalue weighted by Gasteiger charge is 2.03. The fraction of sp³-hybridized carbons (Fsp3) is 0. The second-order valence-corrected chi connectivity index (χ2v) is 2.24. The van der Waals surface area contributed by atoms with Gasteiger partial charge >= 0.3 is 0 Å². The molecule has 4 heteroatoms. The van der Waals surface area contributed by atoms with Crippen LogP contribution < -0.4 is 5.48 Å². The van der Waals surface area contributed by atoms with Crippen LogP contribution in [0, 0.1) is 0 Å². The first-order valence-electron chi connectivity index (χ1n) is 3.53. The van der Waals surface area contributed by atoms with Crippen molar-refractivity contribution in [1.82, 2.24) is 15.7 Å². The van der Waals surface area contributed by atoms with Gasteiger partial charge in [0.25, 0.3) is 0 Å². The molecule has 12 heavy (non-hydrogen) atoms. The largest absolute Gasteiger partial charge is 0.390 e. The third-order valence-electron chi connectivity index (χ3n) is 1.43. The fourth-order valence-corrected chi connectivity index (χ4v) is 0.889. The lowest BCUT2D eigenvalue weighted by Crippen LogP contribution is -2.12. The zero-order valence-electron chi connectivity index (χ0n) is 6.27. The van der Waals surface area contributed by atoms with E-state index < -0.39 is 0 Å². The molecule has 0 radical (unpaired) electrons. The molecule has 1 aliphatic heterocycles. The van der Waals surface area contributed by atoms with Crippen LogP contribution in [0.2, 0.25) is 0 Å². The van der Waals surface area contributed by atoms with Crippen LogP contribution in [0.4, 0.5) is 0 Å². The molecule has 1 aromatic rings. The quantitative estimate of drug-likeness (QED) is 0.663. The summed E-state index contributed by atoms with van der Waals surface area (Å²) in [6, 6.07) is 3.68. The molecule has 0 spiro atoms. The van der Waals surface area contributed by atoms with E-state index in [1.165, 1.54) is 0 Å². The van der Waals surface area contributed by atoms with Crippen molar-refractivity contribution in [3.63, 3.8) is 0 Å². The van der Waals surface area contributed by atoms with Crippen molar-refractivity contribution in [2.24, 2.45) is 0 Å². The van der Waals surface area contributed by atoms with Gasteiger partial charge in [0.05, 0.1) is 5.70 Å². The van der Waals surface area contributed by atoms with Crippen molar-refractivity contribution in [3.8, 4) is 0 Å². The highest BCUT2D eigenvalue weighted by molar-refractivity contribution is 5.61. The number of hydrogen-bond donors (Lipinski definition) is 1. The number of hydroxylamine groups is 1. The normalized spacial score (nSPS) is 14.5. The van der Waals surface area contributed by atoms with Crippen LogP contribution in [0.3, 0.4) is 0 Å². The first-order valence-corrected chi connectivity index (χ1v) is 3.53. The first-order chi connectivity index (χ1) is 5.97. The Labute approximate surface area is 69.5 Å². The summed E-state index contributed by atoms with van der Waals surface area (Å²) in [5, 5.41) is 7.66. The van der Waals surface area contributed by atoms with Crippen molar-refractivity contribution in [1.29, 1.82) is 0 Å². The van der Waals surface area contributed by atoms with E-state index in [9.17, 15) is 0 Å². The third kappa shape index (κ3) is 1.27.